The van der Waals surface area contributed by atoms with E-state index < -0.39 is 10.4 Å². The number of ether oxygens (including phenoxy) is 1. The molecule has 1 atom stereocenters. The lowest BCUT2D eigenvalue weighted by atomic mass is 10.2. The Morgan fingerprint density at radius 3 is 2.81 bits per heavy atom. The van der Waals surface area contributed by atoms with Gasteiger partial charge in [-0.05, 0) is 25.1 Å². The van der Waals surface area contributed by atoms with Crippen molar-refractivity contribution in [2.75, 3.05) is 6.61 Å². The number of benzene rings is 1. The monoisotopic (exact) mass is 386 g/mol. The fourth-order valence-electron chi connectivity index (χ4n) is 2.53. The molecule has 3 heterocycles. The molecule has 138 valence electrons. The van der Waals surface area contributed by atoms with Gasteiger partial charge < -0.3 is 9.15 Å². The zero-order chi connectivity index (χ0) is 19.0. The van der Waals surface area contributed by atoms with E-state index in [9.17, 15) is 14.9 Å². The van der Waals surface area contributed by atoms with E-state index in [1.54, 1.807) is 0 Å². The highest BCUT2D eigenvalue weighted by Crippen LogP contribution is 2.38. The first-order chi connectivity index (χ1) is 13.0. The van der Waals surface area contributed by atoms with Gasteiger partial charge >= 0.3 is 5.88 Å². The molecule has 2 aliphatic rings. The highest BCUT2D eigenvalue weighted by atomic mass is 32.2. The third-order valence-corrected chi connectivity index (χ3v) is 4.93. The number of hydrogen-bond acceptors (Lipinski definition) is 8. The van der Waals surface area contributed by atoms with E-state index >= 15 is 0 Å². The molecule has 1 aromatic heterocycles. The number of thioether (sulfide) groups is 1. The smallest absolute Gasteiger partial charge is 0.433 e. The number of aliphatic imine (C=N–C) groups is 1. The molecule has 0 radical (unpaired) electrons. The van der Waals surface area contributed by atoms with Crippen molar-refractivity contribution < 1.29 is 18.9 Å². The molecule has 0 aliphatic carbocycles. The Morgan fingerprint density at radius 1 is 1.37 bits per heavy atom. The molecule has 9 nitrogen and oxygen atoms in total. The first-order valence-corrected chi connectivity index (χ1v) is 8.86. The first-order valence-electron chi connectivity index (χ1n) is 7.98. The second-order valence-corrected chi connectivity index (χ2v) is 6.95. The summed E-state index contributed by atoms with van der Waals surface area (Å²) in [6.07, 6.45) is 1.47. The molecular weight excluding hydrogens is 372 g/mol. The van der Waals surface area contributed by atoms with Crippen molar-refractivity contribution in [3.8, 4) is 5.75 Å². The lowest BCUT2D eigenvalue weighted by Crippen LogP contribution is -2.42. The van der Waals surface area contributed by atoms with Crippen LogP contribution in [0.15, 0.2) is 50.7 Å². The number of hydrazine groups is 1. The number of aryl methyl sites for hydroxylation is 1. The number of rotatable bonds is 5. The first kappa shape index (κ1) is 17.2. The second kappa shape index (κ2) is 6.80. The van der Waals surface area contributed by atoms with Crippen LogP contribution >= 0.6 is 11.8 Å². The quantitative estimate of drug-likeness (QED) is 0.478. The van der Waals surface area contributed by atoms with Gasteiger partial charge in [-0.2, -0.15) is 0 Å². The summed E-state index contributed by atoms with van der Waals surface area (Å²) in [7, 11) is 0. The Labute approximate surface area is 157 Å². The average Bonchev–Trinajstić information content (AvgIpc) is 3.33. The van der Waals surface area contributed by atoms with E-state index in [1.165, 1.54) is 35.0 Å². The van der Waals surface area contributed by atoms with Gasteiger partial charge in [0.2, 0.25) is 0 Å². The van der Waals surface area contributed by atoms with E-state index in [1.807, 2.05) is 31.2 Å². The van der Waals surface area contributed by atoms with Gasteiger partial charge in [0.25, 0.3) is 5.91 Å². The molecule has 1 N–H and O–H groups in total. The van der Waals surface area contributed by atoms with Crippen LogP contribution < -0.4 is 10.2 Å². The largest absolute Gasteiger partial charge is 0.486 e. The third kappa shape index (κ3) is 3.51. The molecule has 0 spiro atoms. The van der Waals surface area contributed by atoms with Crippen LogP contribution in [0.5, 0.6) is 5.75 Å². The molecule has 1 aromatic carbocycles. The van der Waals surface area contributed by atoms with Crippen LogP contribution in [0.25, 0.3) is 6.08 Å². The lowest BCUT2D eigenvalue weighted by molar-refractivity contribution is -0.402. The van der Waals surface area contributed by atoms with Crippen molar-refractivity contribution in [2.24, 2.45) is 4.99 Å². The van der Waals surface area contributed by atoms with E-state index in [4.69, 9.17) is 9.15 Å². The van der Waals surface area contributed by atoms with Crippen molar-refractivity contribution in [1.82, 2.24) is 10.4 Å². The standard InChI is InChI=1S/C17H14N4O5S/c1-10-2-4-11(5-3-10)25-9-14-18-17-20(19-14)16(22)13(27-17)8-12-6-7-15(26-12)21(23)24/h2-8,17H,9H2,1H3,(H,18,19). The molecular formula is C17H14N4O5S. The number of nitrogens with one attached hydrogen (secondary N) is 1. The molecule has 2 aliphatic heterocycles. The Bertz CT molecular complexity index is 966. The van der Waals surface area contributed by atoms with E-state index in [-0.39, 0.29) is 24.2 Å². The van der Waals surface area contributed by atoms with E-state index in [2.05, 4.69) is 10.4 Å². The summed E-state index contributed by atoms with van der Waals surface area (Å²) >= 11 is 1.23. The highest BCUT2D eigenvalue weighted by molar-refractivity contribution is 8.05. The number of amidine groups is 1. The molecule has 0 saturated carbocycles. The van der Waals surface area contributed by atoms with Crippen LogP contribution in [0.2, 0.25) is 0 Å². The van der Waals surface area contributed by atoms with Crippen LogP contribution in [0.3, 0.4) is 0 Å². The molecule has 0 bridgehead atoms. The van der Waals surface area contributed by atoms with Gasteiger partial charge in [-0.3, -0.25) is 20.3 Å². The Kier molecular flexibility index (Phi) is 4.32. The summed E-state index contributed by atoms with van der Waals surface area (Å²) in [5, 5.41) is 12.1. The van der Waals surface area contributed by atoms with E-state index in [0.717, 1.165) is 11.3 Å². The fraction of sp³-hybridized carbons (Fsp3) is 0.176. The fourth-order valence-corrected chi connectivity index (χ4v) is 3.57. The van der Waals surface area contributed by atoms with Gasteiger partial charge in [0.15, 0.2) is 11.3 Å². The second-order valence-electron chi connectivity index (χ2n) is 5.85. The Hall–Kier alpha value is -3.27. The number of amides is 1. The zero-order valence-electron chi connectivity index (χ0n) is 14.1. The molecule has 27 heavy (non-hydrogen) atoms. The van der Waals surface area contributed by atoms with Crippen LogP contribution in [0.4, 0.5) is 5.88 Å². The average molecular weight is 386 g/mol. The summed E-state index contributed by atoms with van der Waals surface area (Å²) < 4.78 is 10.7. The summed E-state index contributed by atoms with van der Waals surface area (Å²) in [5.74, 6) is 0.860. The molecule has 1 fully saturated rings. The highest BCUT2D eigenvalue weighted by Gasteiger charge is 2.41. The van der Waals surface area contributed by atoms with E-state index in [0.29, 0.717) is 10.7 Å². The number of carbonyl (C=O) groups is 1. The Balaban J connectivity index is 1.40. The SMILES string of the molecule is Cc1ccc(OCC2=NC3SC(=Cc4ccc([N+](=O)[O-])o4)C(=O)N3N2)cc1. The number of nitrogens with zero attached hydrogens (tertiary/aromatic N) is 3. The lowest BCUT2D eigenvalue weighted by Gasteiger charge is -2.13. The normalized spacial score (nSPS) is 19.8. The predicted molar refractivity (Wildman–Crippen MR) is 98.8 cm³/mol. The maximum atomic E-state index is 12.5. The number of carbonyl (C=O) groups excluding carboxylic acids is 1. The van der Waals surface area contributed by atoms with Gasteiger partial charge in [0.1, 0.15) is 23.0 Å². The van der Waals surface area contributed by atoms with Gasteiger partial charge in [0.05, 0.1) is 11.0 Å². The predicted octanol–water partition coefficient (Wildman–Crippen LogP) is 2.69. The summed E-state index contributed by atoms with van der Waals surface area (Å²) in [4.78, 5) is 27.3. The summed E-state index contributed by atoms with van der Waals surface area (Å²) in [6, 6.07) is 10.3. The number of nitro groups is 1. The van der Waals surface area contributed by atoms with Gasteiger partial charge in [0, 0.05) is 6.08 Å². The molecule has 10 heteroatoms. The topological polar surface area (TPSA) is 110 Å². The molecule has 1 unspecified atom stereocenters. The minimum Gasteiger partial charge on any atom is -0.486 e. The summed E-state index contributed by atoms with van der Waals surface area (Å²) in [5.41, 5.74) is 3.63. The maximum Gasteiger partial charge on any atom is 0.433 e. The van der Waals surface area contributed by atoms with Gasteiger partial charge in [-0.15, -0.1) is 0 Å². The molecule has 1 saturated heterocycles. The van der Waals surface area contributed by atoms with Crippen LogP contribution in [-0.4, -0.2) is 33.8 Å². The number of hydrogen-bond donors (Lipinski definition) is 1. The van der Waals surface area contributed by atoms with Crippen molar-refractivity contribution >= 4 is 35.5 Å². The Morgan fingerprint density at radius 2 is 2.15 bits per heavy atom. The van der Waals surface area contributed by atoms with Crippen molar-refractivity contribution in [2.45, 2.75) is 12.4 Å². The van der Waals surface area contributed by atoms with Crippen molar-refractivity contribution in [3.05, 3.63) is 62.7 Å². The van der Waals surface area contributed by atoms with Crippen LogP contribution in [-0.2, 0) is 4.79 Å². The molecule has 4 rings (SSSR count). The van der Waals surface area contributed by atoms with Crippen molar-refractivity contribution in [3.63, 3.8) is 0 Å². The third-order valence-electron chi connectivity index (χ3n) is 3.86. The number of fused-ring (bicyclic) bond motifs is 1. The van der Waals surface area contributed by atoms with Crippen molar-refractivity contribution in [1.29, 1.82) is 0 Å². The molecule has 1 amide bonds. The van der Waals surface area contributed by atoms with Gasteiger partial charge in [-0.1, -0.05) is 29.5 Å². The maximum absolute atomic E-state index is 12.5. The zero-order valence-corrected chi connectivity index (χ0v) is 14.9. The minimum absolute atomic E-state index is 0.216. The van der Waals surface area contributed by atoms with Crippen LogP contribution in [0.1, 0.15) is 11.3 Å². The minimum atomic E-state index is -0.629. The van der Waals surface area contributed by atoms with Gasteiger partial charge in [-0.25, -0.2) is 10.0 Å². The number of furan rings is 1. The van der Waals surface area contributed by atoms with Crippen LogP contribution in [0, 0.1) is 17.0 Å². The molecule has 2 aromatic rings. The summed E-state index contributed by atoms with van der Waals surface area (Å²) in [6.45, 7) is 2.21.